The van der Waals surface area contributed by atoms with Crippen molar-refractivity contribution in [3.63, 3.8) is 0 Å². The van der Waals surface area contributed by atoms with Gasteiger partial charge in [-0.2, -0.15) is 0 Å². The van der Waals surface area contributed by atoms with E-state index < -0.39 is 11.7 Å². The Bertz CT molecular complexity index is 1240. The topological polar surface area (TPSA) is 98.7 Å². The highest BCUT2D eigenvalue weighted by atomic mass is 19.1. The van der Waals surface area contributed by atoms with Crippen LogP contribution in [0.1, 0.15) is 30.1 Å². The summed E-state index contributed by atoms with van der Waals surface area (Å²) in [5.41, 5.74) is 6.41. The van der Waals surface area contributed by atoms with Crippen molar-refractivity contribution >= 4 is 22.8 Å². The molecule has 2 N–H and O–H groups in total. The summed E-state index contributed by atoms with van der Waals surface area (Å²) in [7, 11) is 3.52. The number of anilines is 1. The van der Waals surface area contributed by atoms with Crippen LogP contribution in [0.15, 0.2) is 24.4 Å². The minimum atomic E-state index is -0.873. The van der Waals surface area contributed by atoms with Gasteiger partial charge in [0.25, 0.3) is 5.91 Å². The second-order valence-corrected chi connectivity index (χ2v) is 9.39. The molecule has 2 fully saturated rings. The highest BCUT2D eigenvalue weighted by Gasteiger charge is 2.28. The number of nitrogens with zero attached hydrogens (tertiary/aromatic N) is 5. The second kappa shape index (κ2) is 9.43. The predicted octanol–water partition coefficient (Wildman–Crippen LogP) is 2.66. The molecule has 3 aromatic rings. The van der Waals surface area contributed by atoms with Gasteiger partial charge < -0.3 is 29.6 Å². The van der Waals surface area contributed by atoms with E-state index in [-0.39, 0.29) is 17.2 Å². The first-order chi connectivity index (χ1) is 16.9. The fourth-order valence-electron chi connectivity index (χ4n) is 5.12. The van der Waals surface area contributed by atoms with Gasteiger partial charge in [-0.05, 0) is 45.0 Å². The quantitative estimate of drug-likeness (QED) is 0.577. The molecule has 0 spiro atoms. The molecule has 0 radical (unpaired) electrons. The summed E-state index contributed by atoms with van der Waals surface area (Å²) in [5, 5.41) is 0. The number of morpholine rings is 1. The average molecular weight is 483 g/mol. The van der Waals surface area contributed by atoms with Gasteiger partial charge in [-0.3, -0.25) is 4.79 Å². The van der Waals surface area contributed by atoms with Crippen molar-refractivity contribution in [3.8, 4) is 17.1 Å². The summed E-state index contributed by atoms with van der Waals surface area (Å²) < 4.78 is 28.9. The summed E-state index contributed by atoms with van der Waals surface area (Å²) in [6, 6.07) is 5.72. The molecular weight excluding hydrogens is 451 g/mol. The Morgan fingerprint density at radius 2 is 2.17 bits per heavy atom. The lowest BCUT2D eigenvalue weighted by Crippen LogP contribution is -2.42. The summed E-state index contributed by atoms with van der Waals surface area (Å²) in [6.07, 6.45) is 3.95. The van der Waals surface area contributed by atoms with Gasteiger partial charge in [-0.25, -0.2) is 14.4 Å². The third-order valence-electron chi connectivity index (χ3n) is 6.99. The normalized spacial score (nSPS) is 21.1. The van der Waals surface area contributed by atoms with E-state index in [1.54, 1.807) is 6.20 Å². The molecule has 0 bridgehead atoms. The Labute approximate surface area is 203 Å². The first-order valence-corrected chi connectivity index (χ1v) is 12.0. The summed E-state index contributed by atoms with van der Waals surface area (Å²) in [6.45, 7) is 5.82. The van der Waals surface area contributed by atoms with Crippen LogP contribution in [0.25, 0.3) is 22.4 Å². The lowest BCUT2D eigenvalue weighted by molar-refractivity contribution is -0.0267. The average Bonchev–Trinajstić information content (AvgIpc) is 3.44. The van der Waals surface area contributed by atoms with Gasteiger partial charge in [0.1, 0.15) is 28.4 Å². The maximum absolute atomic E-state index is 15.4. The molecule has 4 heterocycles. The van der Waals surface area contributed by atoms with Crippen molar-refractivity contribution < 1.29 is 18.7 Å². The van der Waals surface area contributed by atoms with E-state index in [9.17, 15) is 4.79 Å². The van der Waals surface area contributed by atoms with E-state index in [0.29, 0.717) is 36.3 Å². The molecule has 2 saturated heterocycles. The van der Waals surface area contributed by atoms with Crippen molar-refractivity contribution in [1.82, 2.24) is 19.4 Å². The number of hydrogen-bond acceptors (Lipinski definition) is 7. The minimum absolute atomic E-state index is 0.0366. The first kappa shape index (κ1) is 23.5. The van der Waals surface area contributed by atoms with Crippen molar-refractivity contribution in [3.05, 3.63) is 35.8 Å². The zero-order valence-corrected chi connectivity index (χ0v) is 20.3. The van der Waals surface area contributed by atoms with Crippen LogP contribution in [-0.2, 0) is 11.3 Å². The zero-order chi connectivity index (χ0) is 24.7. The summed E-state index contributed by atoms with van der Waals surface area (Å²) in [4.78, 5) is 25.7. The van der Waals surface area contributed by atoms with Gasteiger partial charge in [0.05, 0.1) is 31.9 Å². The molecule has 2 aliphatic heterocycles. The predicted molar refractivity (Wildman–Crippen MR) is 131 cm³/mol. The molecule has 0 unspecified atom stereocenters. The van der Waals surface area contributed by atoms with Gasteiger partial charge in [-0.15, -0.1) is 0 Å². The largest absolute Gasteiger partial charge is 0.494 e. The van der Waals surface area contributed by atoms with Gasteiger partial charge in [0.2, 0.25) is 0 Å². The number of carbonyl (C=O) groups excluding carboxylic acids is 1. The summed E-state index contributed by atoms with van der Waals surface area (Å²) >= 11 is 0. The van der Waals surface area contributed by atoms with Gasteiger partial charge >= 0.3 is 0 Å². The molecule has 2 atom stereocenters. The van der Waals surface area contributed by atoms with E-state index >= 15 is 4.39 Å². The minimum Gasteiger partial charge on any atom is -0.494 e. The van der Waals surface area contributed by atoms with Gasteiger partial charge in [0, 0.05) is 37.4 Å². The molecule has 35 heavy (non-hydrogen) atoms. The van der Waals surface area contributed by atoms with E-state index in [1.165, 1.54) is 13.2 Å². The van der Waals surface area contributed by atoms with E-state index in [4.69, 9.17) is 20.2 Å². The molecule has 5 rings (SSSR count). The molecule has 0 saturated carbocycles. The fourth-order valence-corrected chi connectivity index (χ4v) is 5.12. The van der Waals surface area contributed by atoms with Crippen LogP contribution in [0.2, 0.25) is 0 Å². The number of ether oxygens (including phenoxy) is 2. The number of fused-ring (bicyclic) bond motifs is 1. The van der Waals surface area contributed by atoms with E-state index in [2.05, 4.69) is 21.7 Å². The smallest absolute Gasteiger partial charge is 0.251 e. The lowest BCUT2D eigenvalue weighted by Gasteiger charge is -2.30. The number of likely N-dealkylation sites (N-methyl/N-ethyl adjacent to an activating group) is 1. The molecule has 9 nitrogen and oxygen atoms in total. The van der Waals surface area contributed by atoms with Crippen LogP contribution in [0.4, 0.5) is 10.2 Å². The highest BCUT2D eigenvalue weighted by molar-refractivity contribution is 5.99. The number of halogens is 1. The van der Waals surface area contributed by atoms with E-state index in [1.807, 2.05) is 23.7 Å². The molecule has 0 aliphatic carbocycles. The van der Waals surface area contributed by atoms with Crippen LogP contribution in [-0.4, -0.2) is 77.9 Å². The standard InChI is InChI=1S/C25H31FN6O3/c1-15-5-4-8-31(15)20-7-6-16(12-28-20)25-29-22-21(26)18(24(27)33)11-19(34-3)23(22)32(25)14-17-13-30(2)9-10-35-17/h6-7,11-12,15,17H,4-5,8-10,13-14H2,1-3H3,(H2,27,33)/t15-,17-/m0/s1. The van der Waals surface area contributed by atoms with Crippen LogP contribution in [0.5, 0.6) is 5.75 Å². The Balaban J connectivity index is 1.64. The number of rotatable bonds is 6. The van der Waals surface area contributed by atoms with Crippen molar-refractivity contribution in [1.29, 1.82) is 0 Å². The lowest BCUT2D eigenvalue weighted by atomic mass is 10.1. The Hall–Kier alpha value is -3.24. The maximum atomic E-state index is 15.4. The number of nitrogens with two attached hydrogens (primary N) is 1. The second-order valence-electron chi connectivity index (χ2n) is 9.39. The molecule has 1 amide bonds. The molecule has 2 aromatic heterocycles. The zero-order valence-electron chi connectivity index (χ0n) is 20.3. The van der Waals surface area contributed by atoms with Crippen LogP contribution < -0.4 is 15.4 Å². The Morgan fingerprint density at radius 1 is 1.34 bits per heavy atom. The first-order valence-electron chi connectivity index (χ1n) is 12.0. The Morgan fingerprint density at radius 3 is 2.80 bits per heavy atom. The van der Waals surface area contributed by atoms with Crippen molar-refractivity contribution in [2.75, 3.05) is 45.3 Å². The van der Waals surface area contributed by atoms with Gasteiger partial charge in [-0.1, -0.05) is 0 Å². The van der Waals surface area contributed by atoms with Crippen molar-refractivity contribution in [2.45, 2.75) is 38.5 Å². The fraction of sp³-hybridized carbons (Fsp3) is 0.480. The number of imidazole rings is 1. The number of aromatic nitrogens is 3. The highest BCUT2D eigenvalue weighted by Crippen LogP contribution is 2.35. The van der Waals surface area contributed by atoms with Crippen LogP contribution in [0.3, 0.4) is 0 Å². The Kier molecular flexibility index (Phi) is 6.33. The SMILES string of the molecule is COc1cc(C(N)=O)c(F)c2nc(-c3ccc(N4CCC[C@@H]4C)nc3)n(C[C@@H]3CN(C)CCO3)c12. The molecule has 1 aromatic carbocycles. The number of pyridine rings is 1. The molecule has 10 heteroatoms. The summed E-state index contributed by atoms with van der Waals surface area (Å²) in [5.74, 6) is 0.142. The number of methoxy groups -OCH3 is 1. The van der Waals surface area contributed by atoms with Crippen LogP contribution in [0, 0.1) is 5.82 Å². The van der Waals surface area contributed by atoms with Crippen molar-refractivity contribution in [2.24, 2.45) is 5.73 Å². The van der Waals surface area contributed by atoms with Crippen LogP contribution >= 0.6 is 0 Å². The number of hydrogen-bond donors (Lipinski definition) is 1. The number of carbonyl (C=O) groups is 1. The van der Waals surface area contributed by atoms with E-state index in [0.717, 1.165) is 43.9 Å². The molecular formula is C25H31FN6O3. The number of amides is 1. The molecule has 186 valence electrons. The molecule has 2 aliphatic rings. The monoisotopic (exact) mass is 482 g/mol. The number of primary amides is 1. The maximum Gasteiger partial charge on any atom is 0.251 e. The third-order valence-corrected chi connectivity index (χ3v) is 6.99. The third kappa shape index (κ3) is 4.32. The number of benzene rings is 1. The van der Waals surface area contributed by atoms with Gasteiger partial charge in [0.15, 0.2) is 5.82 Å².